The summed E-state index contributed by atoms with van der Waals surface area (Å²) in [6, 6.07) is 4.58. The summed E-state index contributed by atoms with van der Waals surface area (Å²) in [7, 11) is 0. The summed E-state index contributed by atoms with van der Waals surface area (Å²) in [5, 5.41) is 11.3. The lowest BCUT2D eigenvalue weighted by molar-refractivity contribution is -0.385. The Labute approximate surface area is 164 Å². The Bertz CT molecular complexity index is 746. The Balaban J connectivity index is 2.05. The largest absolute Gasteiger partial charge is 0.487 e. The normalized spacial score (nSPS) is 16.8. The van der Waals surface area contributed by atoms with E-state index in [9.17, 15) is 19.7 Å². The first-order chi connectivity index (χ1) is 13.5. The third kappa shape index (κ3) is 5.80. The highest BCUT2D eigenvalue weighted by molar-refractivity contribution is 5.92. The van der Waals surface area contributed by atoms with Gasteiger partial charge in [-0.2, -0.15) is 0 Å². The molecule has 1 aliphatic heterocycles. The van der Waals surface area contributed by atoms with Gasteiger partial charge in [0.25, 0.3) is 0 Å². The van der Waals surface area contributed by atoms with Crippen LogP contribution >= 0.6 is 0 Å². The Morgan fingerprint density at radius 3 is 2.82 bits per heavy atom. The van der Waals surface area contributed by atoms with Crippen molar-refractivity contribution in [3.8, 4) is 5.75 Å². The van der Waals surface area contributed by atoms with Crippen LogP contribution < -0.4 is 4.74 Å². The molecule has 0 N–H and O–H groups in total. The smallest absolute Gasteiger partial charge is 0.311 e. The topological polar surface area (TPSA) is 99.0 Å². The van der Waals surface area contributed by atoms with Crippen molar-refractivity contribution in [1.29, 1.82) is 0 Å². The number of hydrogen-bond donors (Lipinski definition) is 0. The quantitative estimate of drug-likeness (QED) is 0.292. The summed E-state index contributed by atoms with van der Waals surface area (Å²) in [4.78, 5) is 36.7. The highest BCUT2D eigenvalue weighted by atomic mass is 16.6. The van der Waals surface area contributed by atoms with Crippen LogP contribution in [0.3, 0.4) is 0 Å². The van der Waals surface area contributed by atoms with Crippen LogP contribution in [0.25, 0.3) is 6.08 Å². The number of ether oxygens (including phenoxy) is 2. The number of carbonyl (C=O) groups excluding carboxylic acids is 2. The fraction of sp³-hybridized carbons (Fsp3) is 0.500. The minimum absolute atomic E-state index is 0.136. The first kappa shape index (κ1) is 21.4. The predicted molar refractivity (Wildman–Crippen MR) is 104 cm³/mol. The summed E-state index contributed by atoms with van der Waals surface area (Å²) in [5.74, 6) is -0.601. The second-order valence-electron chi connectivity index (χ2n) is 6.54. The van der Waals surface area contributed by atoms with Gasteiger partial charge in [0.1, 0.15) is 0 Å². The number of carbonyl (C=O) groups is 2. The zero-order valence-electron chi connectivity index (χ0n) is 16.3. The van der Waals surface area contributed by atoms with E-state index in [1.807, 2.05) is 6.92 Å². The van der Waals surface area contributed by atoms with Gasteiger partial charge in [0.05, 0.1) is 24.1 Å². The van der Waals surface area contributed by atoms with Crippen molar-refractivity contribution in [1.82, 2.24) is 4.90 Å². The van der Waals surface area contributed by atoms with Crippen LogP contribution in [0.15, 0.2) is 24.3 Å². The van der Waals surface area contributed by atoms with Crippen molar-refractivity contribution in [3.05, 3.63) is 40.0 Å². The molecule has 1 fully saturated rings. The average Bonchev–Trinajstić information content (AvgIpc) is 2.70. The molecule has 2 rings (SSSR count). The number of hydrogen-bond acceptors (Lipinski definition) is 6. The van der Waals surface area contributed by atoms with Crippen molar-refractivity contribution in [2.24, 2.45) is 5.92 Å². The fourth-order valence-electron chi connectivity index (χ4n) is 3.02. The number of esters is 1. The highest BCUT2D eigenvalue weighted by Crippen LogP contribution is 2.28. The van der Waals surface area contributed by atoms with Crippen molar-refractivity contribution in [2.75, 3.05) is 26.3 Å². The molecule has 1 aliphatic rings. The molecular weight excluding hydrogens is 364 g/mol. The lowest BCUT2D eigenvalue weighted by atomic mass is 9.98. The average molecular weight is 390 g/mol. The van der Waals surface area contributed by atoms with E-state index in [2.05, 4.69) is 0 Å². The molecule has 0 spiro atoms. The van der Waals surface area contributed by atoms with Gasteiger partial charge in [0.15, 0.2) is 5.75 Å². The van der Waals surface area contributed by atoms with Crippen LogP contribution in [0.4, 0.5) is 5.69 Å². The number of nitro benzene ring substituents is 1. The molecule has 8 nitrogen and oxygen atoms in total. The standard InChI is InChI=1S/C20H26N2O6/c1-3-12-28-18-9-7-15(13-17(18)22(25)26)8-10-19(23)21-11-5-6-16(14-21)20(24)27-4-2/h7-10,13,16H,3-6,11-12,14H2,1-2H3/b10-8+. The Kier molecular flexibility index (Phi) is 7.98. The predicted octanol–water partition coefficient (Wildman–Crippen LogP) is 3.20. The minimum Gasteiger partial charge on any atom is -0.487 e. The van der Waals surface area contributed by atoms with Crippen molar-refractivity contribution < 1.29 is 24.0 Å². The molecule has 8 heteroatoms. The number of amides is 1. The van der Waals surface area contributed by atoms with Gasteiger partial charge < -0.3 is 14.4 Å². The molecule has 1 aromatic rings. The molecule has 1 heterocycles. The number of likely N-dealkylation sites (tertiary alicyclic amines) is 1. The third-order valence-corrected chi connectivity index (χ3v) is 4.41. The van der Waals surface area contributed by atoms with Gasteiger partial charge in [-0.05, 0) is 43.9 Å². The first-order valence-corrected chi connectivity index (χ1v) is 9.51. The molecule has 0 aliphatic carbocycles. The minimum atomic E-state index is -0.501. The Hall–Kier alpha value is -2.90. The van der Waals surface area contributed by atoms with Crippen molar-refractivity contribution in [3.63, 3.8) is 0 Å². The molecule has 1 saturated heterocycles. The van der Waals surface area contributed by atoms with Crippen LogP contribution in [0.5, 0.6) is 5.75 Å². The molecule has 1 aromatic carbocycles. The molecule has 0 aromatic heterocycles. The van der Waals surface area contributed by atoms with Crippen molar-refractivity contribution >= 4 is 23.6 Å². The summed E-state index contributed by atoms with van der Waals surface area (Å²) in [5.41, 5.74) is 0.395. The third-order valence-electron chi connectivity index (χ3n) is 4.41. The van der Waals surface area contributed by atoms with Crippen LogP contribution in [0, 0.1) is 16.0 Å². The summed E-state index contributed by atoms with van der Waals surface area (Å²) < 4.78 is 10.4. The van der Waals surface area contributed by atoms with E-state index in [4.69, 9.17) is 9.47 Å². The van der Waals surface area contributed by atoms with E-state index in [-0.39, 0.29) is 29.2 Å². The maximum Gasteiger partial charge on any atom is 0.311 e. The zero-order valence-corrected chi connectivity index (χ0v) is 16.3. The van der Waals surface area contributed by atoms with E-state index in [0.717, 1.165) is 12.8 Å². The van der Waals surface area contributed by atoms with E-state index in [0.29, 0.717) is 38.3 Å². The van der Waals surface area contributed by atoms with Crippen LogP contribution in [0.2, 0.25) is 0 Å². The summed E-state index contributed by atoms with van der Waals surface area (Å²) in [6.07, 6.45) is 5.09. The molecule has 152 valence electrons. The number of nitrogens with zero attached hydrogens (tertiary/aromatic N) is 2. The highest BCUT2D eigenvalue weighted by Gasteiger charge is 2.28. The summed E-state index contributed by atoms with van der Waals surface area (Å²) >= 11 is 0. The molecule has 0 radical (unpaired) electrons. The fourth-order valence-corrected chi connectivity index (χ4v) is 3.02. The molecule has 28 heavy (non-hydrogen) atoms. The maximum absolute atomic E-state index is 12.5. The summed E-state index contributed by atoms with van der Waals surface area (Å²) in [6.45, 7) is 5.28. The van der Waals surface area contributed by atoms with E-state index >= 15 is 0 Å². The van der Waals surface area contributed by atoms with Gasteiger partial charge in [-0.1, -0.05) is 13.0 Å². The van der Waals surface area contributed by atoms with E-state index in [1.54, 1.807) is 17.9 Å². The van der Waals surface area contributed by atoms with Gasteiger partial charge in [-0.25, -0.2) is 0 Å². The van der Waals surface area contributed by atoms with Gasteiger partial charge in [-0.15, -0.1) is 0 Å². The first-order valence-electron chi connectivity index (χ1n) is 9.51. The lowest BCUT2D eigenvalue weighted by Crippen LogP contribution is -2.42. The number of benzene rings is 1. The molecular formula is C20H26N2O6. The Morgan fingerprint density at radius 1 is 1.36 bits per heavy atom. The molecule has 1 atom stereocenters. The number of piperidine rings is 1. The molecule has 0 saturated carbocycles. The van der Waals surface area contributed by atoms with E-state index in [1.165, 1.54) is 24.3 Å². The van der Waals surface area contributed by atoms with Crippen LogP contribution in [-0.2, 0) is 14.3 Å². The molecule has 1 amide bonds. The number of rotatable bonds is 8. The molecule has 1 unspecified atom stereocenters. The SMILES string of the molecule is CCCOc1ccc(/C=C/C(=O)N2CCCC(C(=O)OCC)C2)cc1[N+](=O)[O-]. The number of nitro groups is 1. The van der Waals surface area contributed by atoms with Gasteiger partial charge in [0, 0.05) is 25.2 Å². The zero-order chi connectivity index (χ0) is 20.5. The van der Waals surface area contributed by atoms with Crippen molar-refractivity contribution in [2.45, 2.75) is 33.1 Å². The van der Waals surface area contributed by atoms with Crippen LogP contribution in [-0.4, -0.2) is 48.0 Å². The van der Waals surface area contributed by atoms with Gasteiger partial charge >= 0.3 is 11.7 Å². The monoisotopic (exact) mass is 390 g/mol. The van der Waals surface area contributed by atoms with Crippen LogP contribution in [0.1, 0.15) is 38.7 Å². The second-order valence-corrected chi connectivity index (χ2v) is 6.54. The van der Waals surface area contributed by atoms with Gasteiger partial charge in [0.2, 0.25) is 5.91 Å². The van der Waals surface area contributed by atoms with Gasteiger partial charge in [-0.3, -0.25) is 19.7 Å². The molecule has 0 bridgehead atoms. The lowest BCUT2D eigenvalue weighted by Gasteiger charge is -2.30. The second kappa shape index (κ2) is 10.4. The Morgan fingerprint density at radius 2 is 2.14 bits per heavy atom. The maximum atomic E-state index is 12.5. The van der Waals surface area contributed by atoms with E-state index < -0.39 is 4.92 Å².